The van der Waals surface area contributed by atoms with Gasteiger partial charge in [-0.2, -0.15) is 4.72 Å². The van der Waals surface area contributed by atoms with Crippen molar-refractivity contribution in [3.8, 4) is 0 Å². The molecular formula is C22H27Cl2N5O5S. The standard InChI is InChI=1S/C22H27Cl2N5O5S/c23-17-6-3-7-18(24)20(17)35(33,34)26-19(9-12-27-13-10-25-22(27)29(31)32)21(30)28-11-8-15-4-1-2-5-16(15)14-28/h3,6-7,10,13,15-16,19,26H,1-2,4-5,8-9,11-12,14H2/t15-,16-,19?/m0/s1. The molecule has 4 rings (SSSR count). The van der Waals surface area contributed by atoms with Crippen LogP contribution in [0.2, 0.25) is 10.0 Å². The highest BCUT2D eigenvalue weighted by Gasteiger charge is 2.37. The maximum absolute atomic E-state index is 13.6. The highest BCUT2D eigenvalue weighted by atomic mass is 35.5. The van der Waals surface area contributed by atoms with Gasteiger partial charge in [-0.25, -0.2) is 13.0 Å². The Kier molecular flexibility index (Phi) is 7.99. The van der Waals surface area contributed by atoms with Gasteiger partial charge in [0.2, 0.25) is 15.9 Å². The van der Waals surface area contributed by atoms with Crippen molar-refractivity contribution < 1.29 is 18.1 Å². The van der Waals surface area contributed by atoms with Gasteiger partial charge >= 0.3 is 5.95 Å². The Bertz CT molecular complexity index is 1180. The van der Waals surface area contributed by atoms with E-state index < -0.39 is 21.0 Å². The van der Waals surface area contributed by atoms with E-state index in [0.29, 0.717) is 24.9 Å². The number of fused-ring (bicyclic) bond motifs is 1. The second kappa shape index (κ2) is 10.8. The van der Waals surface area contributed by atoms with Gasteiger partial charge in [0, 0.05) is 19.5 Å². The number of piperidine rings is 1. The predicted molar refractivity (Wildman–Crippen MR) is 131 cm³/mol. The molecule has 1 amide bonds. The summed E-state index contributed by atoms with van der Waals surface area (Å²) in [6.07, 6.45) is 8.15. The molecule has 1 aliphatic heterocycles. The number of hydrogen-bond donors (Lipinski definition) is 1. The molecule has 2 aliphatic rings. The van der Waals surface area contributed by atoms with Gasteiger partial charge < -0.3 is 15.0 Å². The summed E-state index contributed by atoms with van der Waals surface area (Å²) in [4.78, 5) is 29.3. The van der Waals surface area contributed by atoms with E-state index >= 15 is 0 Å². The number of benzene rings is 1. The summed E-state index contributed by atoms with van der Waals surface area (Å²) >= 11 is 12.3. The number of likely N-dealkylation sites (tertiary alicyclic amines) is 1. The van der Waals surface area contributed by atoms with Crippen LogP contribution in [0, 0.1) is 22.0 Å². The zero-order valence-electron chi connectivity index (χ0n) is 19.0. The van der Waals surface area contributed by atoms with E-state index in [-0.39, 0.29) is 39.8 Å². The van der Waals surface area contributed by atoms with E-state index in [1.807, 2.05) is 0 Å². The van der Waals surface area contributed by atoms with Crippen molar-refractivity contribution in [3.63, 3.8) is 0 Å². The Labute approximate surface area is 213 Å². The van der Waals surface area contributed by atoms with Crippen LogP contribution in [0.1, 0.15) is 38.5 Å². The number of aryl methyl sites for hydroxylation is 1. The fourth-order valence-corrected chi connectivity index (χ4v) is 7.52. The van der Waals surface area contributed by atoms with Gasteiger partial charge in [-0.1, -0.05) is 53.5 Å². The summed E-state index contributed by atoms with van der Waals surface area (Å²) in [7, 11) is -4.27. The zero-order chi connectivity index (χ0) is 25.2. The summed E-state index contributed by atoms with van der Waals surface area (Å²) in [6.45, 7) is 1.15. The van der Waals surface area contributed by atoms with Crippen LogP contribution in [0.5, 0.6) is 0 Å². The molecule has 1 N–H and O–H groups in total. The van der Waals surface area contributed by atoms with Crippen LogP contribution >= 0.6 is 23.2 Å². The first-order valence-corrected chi connectivity index (χ1v) is 13.8. The largest absolute Gasteiger partial charge is 0.434 e. The van der Waals surface area contributed by atoms with Crippen LogP contribution in [-0.4, -0.2) is 52.8 Å². The Morgan fingerprint density at radius 1 is 1.20 bits per heavy atom. The fraction of sp³-hybridized carbons (Fsp3) is 0.545. The number of nitro groups is 1. The lowest BCUT2D eigenvalue weighted by Gasteiger charge is -2.42. The maximum atomic E-state index is 13.6. The van der Waals surface area contributed by atoms with Crippen molar-refractivity contribution in [1.29, 1.82) is 0 Å². The third-order valence-electron chi connectivity index (χ3n) is 6.90. The van der Waals surface area contributed by atoms with Gasteiger partial charge in [-0.05, 0) is 41.7 Å². The van der Waals surface area contributed by atoms with Crippen molar-refractivity contribution in [2.45, 2.75) is 56.0 Å². The first-order valence-electron chi connectivity index (χ1n) is 11.6. The third kappa shape index (κ3) is 5.79. The van der Waals surface area contributed by atoms with E-state index in [2.05, 4.69) is 9.71 Å². The Morgan fingerprint density at radius 3 is 2.57 bits per heavy atom. The molecule has 1 unspecified atom stereocenters. The number of carbonyl (C=O) groups excluding carboxylic acids is 1. The maximum Gasteiger partial charge on any atom is 0.434 e. The summed E-state index contributed by atoms with van der Waals surface area (Å²) in [5.41, 5.74) is 0. The van der Waals surface area contributed by atoms with Gasteiger partial charge in [0.05, 0.1) is 16.6 Å². The molecule has 2 heterocycles. The van der Waals surface area contributed by atoms with Crippen LogP contribution in [0.4, 0.5) is 5.95 Å². The lowest BCUT2D eigenvalue weighted by Crippen LogP contribution is -2.53. The number of rotatable bonds is 8. The second-order valence-electron chi connectivity index (χ2n) is 9.07. The van der Waals surface area contributed by atoms with Gasteiger partial charge in [0.25, 0.3) is 0 Å². The smallest absolute Gasteiger partial charge is 0.390 e. The first kappa shape index (κ1) is 25.9. The number of imidazole rings is 1. The molecule has 1 aliphatic carbocycles. The van der Waals surface area contributed by atoms with Gasteiger partial charge in [0.1, 0.15) is 23.3 Å². The summed E-state index contributed by atoms with van der Waals surface area (Å²) in [5.74, 6) is 0.268. The summed E-state index contributed by atoms with van der Waals surface area (Å²) < 4.78 is 30.3. The minimum absolute atomic E-state index is 0.0120. The Hall–Kier alpha value is -2.21. The molecule has 2 fully saturated rings. The molecule has 0 radical (unpaired) electrons. The molecule has 1 aromatic carbocycles. The van der Waals surface area contributed by atoms with Crippen molar-refractivity contribution in [2.24, 2.45) is 11.8 Å². The topological polar surface area (TPSA) is 127 Å². The molecule has 10 nitrogen and oxygen atoms in total. The summed E-state index contributed by atoms with van der Waals surface area (Å²) in [6, 6.07) is 3.18. The molecule has 3 atom stereocenters. The van der Waals surface area contributed by atoms with Crippen LogP contribution in [0.15, 0.2) is 35.5 Å². The minimum atomic E-state index is -4.27. The molecule has 0 spiro atoms. The van der Waals surface area contributed by atoms with E-state index in [9.17, 15) is 23.3 Å². The van der Waals surface area contributed by atoms with Crippen molar-refractivity contribution in [1.82, 2.24) is 19.2 Å². The van der Waals surface area contributed by atoms with Crippen LogP contribution < -0.4 is 4.72 Å². The molecule has 0 bridgehead atoms. The lowest BCUT2D eigenvalue weighted by atomic mass is 9.75. The Morgan fingerprint density at radius 2 is 1.89 bits per heavy atom. The molecule has 35 heavy (non-hydrogen) atoms. The van der Waals surface area contributed by atoms with Crippen molar-refractivity contribution >= 4 is 45.1 Å². The minimum Gasteiger partial charge on any atom is -0.390 e. The highest BCUT2D eigenvalue weighted by molar-refractivity contribution is 7.89. The second-order valence-corrected chi connectivity index (χ2v) is 11.5. The van der Waals surface area contributed by atoms with Crippen LogP contribution in [0.3, 0.4) is 0 Å². The molecule has 1 saturated carbocycles. The summed E-state index contributed by atoms with van der Waals surface area (Å²) in [5, 5.41) is 11.1. The van der Waals surface area contributed by atoms with E-state index in [4.69, 9.17) is 23.2 Å². The molecule has 1 aromatic heterocycles. The molecule has 13 heteroatoms. The fourth-order valence-electron chi connectivity index (χ4n) is 5.16. The molecule has 2 aromatic rings. The van der Waals surface area contributed by atoms with Gasteiger partial charge in [-0.15, -0.1) is 0 Å². The average molecular weight is 544 g/mol. The SMILES string of the molecule is O=C(C(CCn1ccnc1[N+](=O)[O-])NS(=O)(=O)c1c(Cl)cccc1Cl)N1CC[C@@H]2CCCC[C@H]2C1. The molecule has 190 valence electrons. The zero-order valence-corrected chi connectivity index (χ0v) is 21.3. The quantitative estimate of drug-likeness (QED) is 0.397. The third-order valence-corrected chi connectivity index (χ3v) is 9.33. The number of amides is 1. The normalized spacial score (nSPS) is 21.4. The van der Waals surface area contributed by atoms with E-state index in [1.54, 1.807) is 4.90 Å². The van der Waals surface area contributed by atoms with Crippen molar-refractivity contribution in [2.75, 3.05) is 13.1 Å². The number of hydrogen-bond acceptors (Lipinski definition) is 6. The van der Waals surface area contributed by atoms with E-state index in [1.165, 1.54) is 41.6 Å². The number of carbonyl (C=O) groups is 1. The number of aromatic nitrogens is 2. The highest BCUT2D eigenvalue weighted by Crippen LogP contribution is 2.36. The van der Waals surface area contributed by atoms with Crippen LogP contribution in [-0.2, 0) is 21.4 Å². The monoisotopic (exact) mass is 543 g/mol. The number of nitrogens with one attached hydrogen (secondary N) is 1. The van der Waals surface area contributed by atoms with Crippen molar-refractivity contribution in [3.05, 3.63) is 50.8 Å². The van der Waals surface area contributed by atoms with Crippen LogP contribution in [0.25, 0.3) is 0 Å². The first-order chi connectivity index (χ1) is 16.7. The van der Waals surface area contributed by atoms with E-state index in [0.717, 1.165) is 25.7 Å². The predicted octanol–water partition coefficient (Wildman–Crippen LogP) is 3.87. The Balaban J connectivity index is 1.58. The average Bonchev–Trinajstić information content (AvgIpc) is 3.30. The number of nitrogens with zero attached hydrogens (tertiary/aromatic N) is 4. The number of sulfonamides is 1. The lowest BCUT2D eigenvalue weighted by molar-refractivity contribution is -0.396. The van der Waals surface area contributed by atoms with Gasteiger partial charge in [0.15, 0.2) is 0 Å². The van der Waals surface area contributed by atoms with Gasteiger partial charge in [-0.3, -0.25) is 4.79 Å². The molecule has 1 saturated heterocycles. The number of halogens is 2. The molecular weight excluding hydrogens is 517 g/mol.